The van der Waals surface area contributed by atoms with E-state index in [-0.39, 0.29) is 11.9 Å². The van der Waals surface area contributed by atoms with Crippen molar-refractivity contribution in [2.45, 2.75) is 32.2 Å². The van der Waals surface area contributed by atoms with Crippen LogP contribution in [0.15, 0.2) is 48.8 Å². The van der Waals surface area contributed by atoms with Crippen LogP contribution in [0.1, 0.15) is 39.9 Å². The maximum Gasteiger partial charge on any atom is 0.258 e. The number of amides is 1. The standard InChI is InChI=1S/C23H22ClN3O2/c1-15-17(12-16-5-7-18(8-6-16)27-11-3-9-25-27)13-20-22(21(15)24)29-14-19-4-2-10-26(19)23(20)28/h3,5-9,11,13,19H,2,4,10,12,14H2,1H3/t19-/m1/s1. The number of halogens is 1. The average Bonchev–Trinajstić information content (AvgIpc) is 3.41. The van der Waals surface area contributed by atoms with Crippen LogP contribution in [-0.4, -0.2) is 39.8 Å². The van der Waals surface area contributed by atoms with Crippen LogP contribution in [-0.2, 0) is 6.42 Å². The molecule has 1 fully saturated rings. The lowest BCUT2D eigenvalue weighted by atomic mass is 9.96. The number of hydrogen-bond donors (Lipinski definition) is 0. The summed E-state index contributed by atoms with van der Waals surface area (Å²) in [5.41, 5.74) is 4.78. The van der Waals surface area contributed by atoms with Gasteiger partial charge in [0.2, 0.25) is 0 Å². The van der Waals surface area contributed by atoms with Gasteiger partial charge in [-0.2, -0.15) is 5.10 Å². The molecular weight excluding hydrogens is 386 g/mol. The zero-order valence-electron chi connectivity index (χ0n) is 16.3. The number of hydrogen-bond acceptors (Lipinski definition) is 3. The fourth-order valence-corrected chi connectivity index (χ4v) is 4.56. The molecule has 1 atom stereocenters. The van der Waals surface area contributed by atoms with E-state index in [2.05, 4.69) is 17.2 Å². The second-order valence-electron chi connectivity index (χ2n) is 7.75. The monoisotopic (exact) mass is 407 g/mol. The highest BCUT2D eigenvalue weighted by Crippen LogP contribution is 2.39. The number of ether oxygens (including phenoxy) is 1. The number of aromatic nitrogens is 2. The Balaban J connectivity index is 1.47. The predicted molar refractivity (Wildman–Crippen MR) is 112 cm³/mol. The number of carbonyl (C=O) groups excluding carboxylic acids is 1. The molecule has 5 nitrogen and oxygen atoms in total. The van der Waals surface area contributed by atoms with Crippen molar-refractivity contribution in [3.63, 3.8) is 0 Å². The molecule has 2 aliphatic rings. The van der Waals surface area contributed by atoms with E-state index in [1.54, 1.807) is 6.20 Å². The van der Waals surface area contributed by atoms with Gasteiger partial charge in [-0.05, 0) is 67.1 Å². The third kappa shape index (κ3) is 3.19. The molecule has 1 aromatic heterocycles. The van der Waals surface area contributed by atoms with Gasteiger partial charge in [0.15, 0.2) is 5.75 Å². The summed E-state index contributed by atoms with van der Waals surface area (Å²) in [4.78, 5) is 15.1. The maximum atomic E-state index is 13.1. The van der Waals surface area contributed by atoms with Crippen LogP contribution in [0.5, 0.6) is 5.75 Å². The van der Waals surface area contributed by atoms with Crippen molar-refractivity contribution in [1.29, 1.82) is 0 Å². The first kappa shape index (κ1) is 18.3. The van der Waals surface area contributed by atoms with E-state index in [0.717, 1.165) is 41.8 Å². The first-order valence-electron chi connectivity index (χ1n) is 9.96. The number of fused-ring (bicyclic) bond motifs is 2. The zero-order valence-corrected chi connectivity index (χ0v) is 17.0. The molecule has 2 aromatic carbocycles. The van der Waals surface area contributed by atoms with E-state index < -0.39 is 0 Å². The lowest BCUT2D eigenvalue weighted by Gasteiger charge is -2.20. The van der Waals surface area contributed by atoms with Crippen LogP contribution in [0.3, 0.4) is 0 Å². The molecule has 3 heterocycles. The summed E-state index contributed by atoms with van der Waals surface area (Å²) in [7, 11) is 0. The minimum Gasteiger partial charge on any atom is -0.489 e. The molecule has 0 N–H and O–H groups in total. The molecule has 3 aromatic rings. The Hall–Kier alpha value is -2.79. The Kier molecular flexibility index (Phi) is 4.55. The predicted octanol–water partition coefficient (Wildman–Crippen LogP) is 4.42. The molecule has 0 saturated carbocycles. The quantitative estimate of drug-likeness (QED) is 0.645. The summed E-state index contributed by atoms with van der Waals surface area (Å²) >= 11 is 6.66. The Morgan fingerprint density at radius 3 is 2.86 bits per heavy atom. The number of rotatable bonds is 3. The molecular formula is C23H22ClN3O2. The molecule has 1 amide bonds. The Morgan fingerprint density at radius 1 is 1.28 bits per heavy atom. The highest BCUT2D eigenvalue weighted by atomic mass is 35.5. The van der Waals surface area contributed by atoms with Gasteiger partial charge in [0.1, 0.15) is 6.61 Å². The first-order chi connectivity index (χ1) is 14.1. The minimum absolute atomic E-state index is 0.0391. The molecule has 2 aliphatic heterocycles. The van der Waals surface area contributed by atoms with Gasteiger partial charge < -0.3 is 9.64 Å². The van der Waals surface area contributed by atoms with Gasteiger partial charge >= 0.3 is 0 Å². The van der Waals surface area contributed by atoms with E-state index in [9.17, 15) is 4.79 Å². The van der Waals surface area contributed by atoms with Gasteiger partial charge in [-0.3, -0.25) is 4.79 Å². The maximum absolute atomic E-state index is 13.1. The van der Waals surface area contributed by atoms with Gasteiger partial charge in [0.25, 0.3) is 5.91 Å². The second-order valence-corrected chi connectivity index (χ2v) is 8.13. The molecule has 1 saturated heterocycles. The van der Waals surface area contributed by atoms with E-state index in [4.69, 9.17) is 16.3 Å². The Bertz CT molecular complexity index is 1060. The highest BCUT2D eigenvalue weighted by molar-refractivity contribution is 6.33. The molecule has 0 spiro atoms. The first-order valence-corrected chi connectivity index (χ1v) is 10.3. The van der Waals surface area contributed by atoms with E-state index in [0.29, 0.717) is 29.4 Å². The van der Waals surface area contributed by atoms with Crippen molar-refractivity contribution < 1.29 is 9.53 Å². The fourth-order valence-electron chi connectivity index (χ4n) is 4.28. The van der Waals surface area contributed by atoms with Crippen LogP contribution in [0.4, 0.5) is 0 Å². The second kappa shape index (κ2) is 7.23. The number of nitrogens with zero attached hydrogens (tertiary/aromatic N) is 3. The molecule has 0 unspecified atom stereocenters. The van der Waals surface area contributed by atoms with Crippen LogP contribution in [0.2, 0.25) is 5.02 Å². The van der Waals surface area contributed by atoms with Crippen LogP contribution < -0.4 is 4.74 Å². The van der Waals surface area contributed by atoms with Crippen molar-refractivity contribution in [3.8, 4) is 11.4 Å². The molecule has 148 valence electrons. The zero-order chi connectivity index (χ0) is 20.0. The third-order valence-corrected chi connectivity index (χ3v) is 6.42. The molecule has 0 radical (unpaired) electrons. The Morgan fingerprint density at radius 2 is 2.10 bits per heavy atom. The fraction of sp³-hybridized carbons (Fsp3) is 0.304. The van der Waals surface area contributed by atoms with Crippen LogP contribution in [0.25, 0.3) is 5.69 Å². The molecule has 0 bridgehead atoms. The van der Waals surface area contributed by atoms with Crippen molar-refractivity contribution in [2.24, 2.45) is 0 Å². The number of benzene rings is 2. The van der Waals surface area contributed by atoms with E-state index in [1.807, 2.05) is 47.0 Å². The summed E-state index contributed by atoms with van der Waals surface area (Å²) in [6.45, 7) is 3.31. The van der Waals surface area contributed by atoms with Crippen molar-refractivity contribution in [1.82, 2.24) is 14.7 Å². The third-order valence-electron chi connectivity index (χ3n) is 5.96. The van der Waals surface area contributed by atoms with Gasteiger partial charge in [0, 0.05) is 18.9 Å². The van der Waals surface area contributed by atoms with Crippen LogP contribution in [0, 0.1) is 6.92 Å². The van der Waals surface area contributed by atoms with Crippen LogP contribution >= 0.6 is 11.6 Å². The van der Waals surface area contributed by atoms with Crippen molar-refractivity contribution >= 4 is 17.5 Å². The van der Waals surface area contributed by atoms with E-state index in [1.165, 1.54) is 0 Å². The smallest absolute Gasteiger partial charge is 0.258 e. The van der Waals surface area contributed by atoms with E-state index >= 15 is 0 Å². The lowest BCUT2D eigenvalue weighted by molar-refractivity contribution is 0.0726. The Labute approximate surface area is 174 Å². The van der Waals surface area contributed by atoms with Gasteiger partial charge in [0.05, 0.1) is 22.3 Å². The SMILES string of the molecule is Cc1c(Cc2ccc(-n3cccn3)cc2)cc2c(c1Cl)OC[C@H]1CCCN1C2=O. The van der Waals surface area contributed by atoms with Gasteiger partial charge in [-0.15, -0.1) is 0 Å². The summed E-state index contributed by atoms with van der Waals surface area (Å²) < 4.78 is 7.83. The average molecular weight is 408 g/mol. The topological polar surface area (TPSA) is 47.4 Å². The minimum atomic E-state index is 0.0391. The van der Waals surface area contributed by atoms with Crippen molar-refractivity contribution in [3.05, 3.63) is 76.1 Å². The van der Waals surface area contributed by atoms with Gasteiger partial charge in [-0.1, -0.05) is 23.7 Å². The van der Waals surface area contributed by atoms with Crippen molar-refractivity contribution in [2.75, 3.05) is 13.2 Å². The summed E-state index contributed by atoms with van der Waals surface area (Å²) in [6.07, 6.45) is 6.41. The largest absolute Gasteiger partial charge is 0.489 e. The molecule has 0 aliphatic carbocycles. The summed E-state index contributed by atoms with van der Waals surface area (Å²) in [6, 6.07) is 12.3. The highest BCUT2D eigenvalue weighted by Gasteiger charge is 2.35. The summed E-state index contributed by atoms with van der Waals surface area (Å²) in [5, 5.41) is 4.82. The normalized spacial score (nSPS) is 18.2. The molecule has 29 heavy (non-hydrogen) atoms. The number of carbonyl (C=O) groups is 1. The summed E-state index contributed by atoms with van der Waals surface area (Å²) in [5.74, 6) is 0.582. The lowest BCUT2D eigenvalue weighted by Crippen LogP contribution is -2.36. The van der Waals surface area contributed by atoms with Gasteiger partial charge in [-0.25, -0.2) is 4.68 Å². The molecule has 5 rings (SSSR count). The molecule has 6 heteroatoms.